The fraction of sp³-hybridized carbons (Fsp3) is 0.400. The Morgan fingerprint density at radius 2 is 1.74 bits per heavy atom. The highest BCUT2D eigenvalue weighted by Gasteiger charge is 2.43. The Bertz CT molecular complexity index is 1490. The number of nitrogens with zero attached hydrogens (tertiary/aromatic N) is 3. The molecule has 0 aliphatic carbocycles. The molecule has 9 heteroatoms. The second-order valence-corrected chi connectivity index (χ2v) is 10.6. The minimum absolute atomic E-state index is 0.0910. The van der Waals surface area contributed by atoms with E-state index in [-0.39, 0.29) is 5.92 Å². The minimum atomic E-state index is -4.39. The average Bonchev–Trinajstić information content (AvgIpc) is 3.27. The number of aliphatic hydroxyl groups is 1. The number of aryl methyl sites for hydroxylation is 2. The van der Waals surface area contributed by atoms with Gasteiger partial charge in [0.15, 0.2) is 0 Å². The van der Waals surface area contributed by atoms with Crippen molar-refractivity contribution in [3.63, 3.8) is 0 Å². The number of pyridine rings is 1. The molecule has 1 aliphatic heterocycles. The van der Waals surface area contributed by atoms with Crippen molar-refractivity contribution in [3.05, 3.63) is 93.2 Å². The summed E-state index contributed by atoms with van der Waals surface area (Å²) in [7, 11) is 1.90. The monoisotopic (exact) mass is 557 g/mol. The Kier molecular flexibility index (Phi) is 7.48. The normalized spacial score (nSPS) is 16.5. The highest BCUT2D eigenvalue weighted by Crippen LogP contribution is 2.43. The van der Waals surface area contributed by atoms with Crippen LogP contribution in [0.15, 0.2) is 48.7 Å². The van der Waals surface area contributed by atoms with E-state index in [1.54, 1.807) is 6.20 Å². The van der Waals surface area contributed by atoms with Gasteiger partial charge in [-0.05, 0) is 67.1 Å². The first-order valence-electron chi connectivity index (χ1n) is 13.1. The molecular weight excluding hydrogens is 527 g/mol. The van der Waals surface area contributed by atoms with Gasteiger partial charge in [-0.25, -0.2) is 4.98 Å². The molecule has 0 bridgehead atoms. The summed E-state index contributed by atoms with van der Waals surface area (Å²) < 4.78 is 46.7. The van der Waals surface area contributed by atoms with E-state index in [0.717, 1.165) is 29.2 Å². The zero-order valence-corrected chi connectivity index (χ0v) is 22.9. The molecule has 3 heterocycles. The standard InChI is InChI=1S/C30H31ClF3N3O2/c1-4-25-23(15-19-5-7-21(8-6-19)30(32,33)34)28(31)24-16-22(9-10-26(24)36-25)29(38,20-11-13-39-14-12-20)27-17-35-18(2)37(27)3/h5-10,16-17,20,38H,4,11-15H2,1-3H3. The van der Waals surface area contributed by atoms with Crippen LogP contribution in [0.3, 0.4) is 0 Å². The van der Waals surface area contributed by atoms with E-state index in [1.165, 1.54) is 12.1 Å². The van der Waals surface area contributed by atoms with Crippen LogP contribution in [0, 0.1) is 12.8 Å². The van der Waals surface area contributed by atoms with Crippen LogP contribution in [-0.4, -0.2) is 32.9 Å². The Balaban J connectivity index is 1.62. The fourth-order valence-corrected chi connectivity index (χ4v) is 5.93. The van der Waals surface area contributed by atoms with Gasteiger partial charge in [0, 0.05) is 43.7 Å². The third-order valence-electron chi connectivity index (χ3n) is 7.96. The summed E-state index contributed by atoms with van der Waals surface area (Å²) in [6.07, 6.45) is -0.312. The van der Waals surface area contributed by atoms with Gasteiger partial charge in [-0.2, -0.15) is 13.2 Å². The molecule has 5 nitrogen and oxygen atoms in total. The van der Waals surface area contributed by atoms with Crippen molar-refractivity contribution in [1.29, 1.82) is 0 Å². The van der Waals surface area contributed by atoms with Crippen LogP contribution in [0.25, 0.3) is 10.9 Å². The summed E-state index contributed by atoms with van der Waals surface area (Å²) in [6, 6.07) is 10.8. The second-order valence-electron chi connectivity index (χ2n) is 10.2. The molecule has 1 atom stereocenters. The molecule has 5 rings (SSSR count). The summed E-state index contributed by atoms with van der Waals surface area (Å²) in [5.74, 6) is 0.703. The van der Waals surface area contributed by atoms with Gasteiger partial charge in [-0.3, -0.25) is 4.98 Å². The number of benzene rings is 2. The van der Waals surface area contributed by atoms with Crippen LogP contribution in [0.2, 0.25) is 5.02 Å². The predicted octanol–water partition coefficient (Wildman–Crippen LogP) is 6.76. The zero-order valence-electron chi connectivity index (χ0n) is 22.1. The lowest BCUT2D eigenvalue weighted by molar-refractivity contribution is -0.137. The van der Waals surface area contributed by atoms with Crippen LogP contribution in [0.5, 0.6) is 0 Å². The summed E-state index contributed by atoms with van der Waals surface area (Å²) in [6.45, 7) is 5.01. The number of rotatable bonds is 6. The van der Waals surface area contributed by atoms with E-state index in [1.807, 2.05) is 43.7 Å². The Morgan fingerprint density at radius 3 is 2.33 bits per heavy atom. The number of alkyl halides is 3. The molecular formula is C30H31ClF3N3O2. The number of fused-ring (bicyclic) bond motifs is 1. The van der Waals surface area contributed by atoms with E-state index in [9.17, 15) is 18.3 Å². The average molecular weight is 558 g/mol. The lowest BCUT2D eigenvalue weighted by atomic mass is 9.74. The molecule has 0 saturated carbocycles. The molecule has 1 fully saturated rings. The van der Waals surface area contributed by atoms with Crippen LogP contribution in [0.4, 0.5) is 13.2 Å². The first-order chi connectivity index (χ1) is 18.5. The van der Waals surface area contributed by atoms with E-state index in [2.05, 4.69) is 4.98 Å². The van der Waals surface area contributed by atoms with Crippen molar-refractivity contribution in [2.45, 2.75) is 51.3 Å². The van der Waals surface area contributed by atoms with Crippen LogP contribution in [0.1, 0.15) is 59.2 Å². The predicted molar refractivity (Wildman–Crippen MR) is 145 cm³/mol. The molecule has 39 heavy (non-hydrogen) atoms. The lowest BCUT2D eigenvalue weighted by Crippen LogP contribution is -2.41. The van der Waals surface area contributed by atoms with E-state index < -0.39 is 17.3 Å². The fourth-order valence-electron chi connectivity index (χ4n) is 5.60. The Morgan fingerprint density at radius 1 is 1.08 bits per heavy atom. The van der Waals surface area contributed by atoms with Crippen molar-refractivity contribution in [2.75, 3.05) is 13.2 Å². The van der Waals surface area contributed by atoms with Crippen molar-refractivity contribution in [1.82, 2.24) is 14.5 Å². The molecule has 1 N–H and O–H groups in total. The smallest absolute Gasteiger partial charge is 0.381 e. The van der Waals surface area contributed by atoms with Crippen molar-refractivity contribution < 1.29 is 23.0 Å². The maximum Gasteiger partial charge on any atom is 0.416 e. The van der Waals surface area contributed by atoms with Gasteiger partial charge in [0.1, 0.15) is 11.4 Å². The van der Waals surface area contributed by atoms with Crippen molar-refractivity contribution in [2.24, 2.45) is 13.0 Å². The molecule has 2 aromatic heterocycles. The van der Waals surface area contributed by atoms with Gasteiger partial charge in [0.25, 0.3) is 0 Å². The third kappa shape index (κ3) is 5.06. The number of aromatic nitrogens is 3. The van der Waals surface area contributed by atoms with Gasteiger partial charge >= 0.3 is 6.18 Å². The summed E-state index contributed by atoms with van der Waals surface area (Å²) in [4.78, 5) is 9.30. The topological polar surface area (TPSA) is 60.2 Å². The maximum absolute atomic E-state index is 13.1. The van der Waals surface area contributed by atoms with Gasteiger partial charge in [0.2, 0.25) is 0 Å². The highest BCUT2D eigenvalue weighted by molar-refractivity contribution is 6.36. The van der Waals surface area contributed by atoms with E-state index in [0.29, 0.717) is 71.6 Å². The van der Waals surface area contributed by atoms with Crippen LogP contribution in [-0.2, 0) is 36.4 Å². The van der Waals surface area contributed by atoms with Crippen LogP contribution < -0.4 is 0 Å². The van der Waals surface area contributed by atoms with Gasteiger partial charge in [-0.15, -0.1) is 0 Å². The van der Waals surface area contributed by atoms with Gasteiger partial charge in [-0.1, -0.05) is 36.7 Å². The largest absolute Gasteiger partial charge is 0.416 e. The SMILES string of the molecule is CCc1nc2ccc(C(O)(c3cnc(C)n3C)C3CCOCC3)cc2c(Cl)c1Cc1ccc(C(F)(F)F)cc1. The van der Waals surface area contributed by atoms with Crippen molar-refractivity contribution in [3.8, 4) is 0 Å². The number of ether oxygens (including phenoxy) is 1. The zero-order chi connectivity index (χ0) is 27.9. The molecule has 0 spiro atoms. The molecule has 1 saturated heterocycles. The van der Waals surface area contributed by atoms with Gasteiger partial charge < -0.3 is 14.4 Å². The lowest BCUT2D eigenvalue weighted by Gasteiger charge is -2.39. The molecule has 1 aliphatic rings. The number of hydrogen-bond acceptors (Lipinski definition) is 4. The quantitative estimate of drug-likeness (QED) is 0.284. The van der Waals surface area contributed by atoms with E-state index >= 15 is 0 Å². The van der Waals surface area contributed by atoms with Crippen molar-refractivity contribution >= 4 is 22.5 Å². The number of halogens is 4. The molecule has 0 amide bonds. The molecule has 2 aromatic carbocycles. The molecule has 206 valence electrons. The summed E-state index contributed by atoms with van der Waals surface area (Å²) in [5, 5.41) is 13.6. The number of hydrogen-bond donors (Lipinski definition) is 1. The summed E-state index contributed by atoms with van der Waals surface area (Å²) in [5.41, 5.74) is 2.36. The molecule has 4 aromatic rings. The third-order valence-corrected chi connectivity index (χ3v) is 8.39. The Hall–Kier alpha value is -2.94. The molecule has 0 radical (unpaired) electrons. The minimum Gasteiger partial charge on any atom is -0.381 e. The number of imidazole rings is 1. The second kappa shape index (κ2) is 10.6. The Labute approximate surface area is 230 Å². The molecule has 1 unspecified atom stereocenters. The maximum atomic E-state index is 13.1. The van der Waals surface area contributed by atoms with E-state index in [4.69, 9.17) is 21.3 Å². The first-order valence-corrected chi connectivity index (χ1v) is 13.5. The van der Waals surface area contributed by atoms with Gasteiger partial charge in [0.05, 0.1) is 28.0 Å². The highest BCUT2D eigenvalue weighted by atomic mass is 35.5. The summed E-state index contributed by atoms with van der Waals surface area (Å²) >= 11 is 7.03. The van der Waals surface area contributed by atoms with Crippen LogP contribution >= 0.6 is 11.6 Å². The first kappa shape index (κ1) is 27.6.